The van der Waals surface area contributed by atoms with Crippen LogP contribution >= 0.6 is 0 Å². The molecule has 1 amide bonds. The van der Waals surface area contributed by atoms with Crippen LogP contribution in [0, 0.1) is 0 Å². The van der Waals surface area contributed by atoms with E-state index in [1.54, 1.807) is 13.8 Å². The van der Waals surface area contributed by atoms with Crippen molar-refractivity contribution in [2.24, 2.45) is 10.2 Å². The van der Waals surface area contributed by atoms with Crippen molar-refractivity contribution < 1.29 is 43.2 Å². The molecule has 0 aromatic rings. The molecule has 0 saturated heterocycles. The van der Waals surface area contributed by atoms with E-state index in [0.29, 0.717) is 32.4 Å². The normalized spacial score (nSPS) is 9.47. The summed E-state index contributed by atoms with van der Waals surface area (Å²) < 4.78 is 31.5. The van der Waals surface area contributed by atoms with Crippen LogP contribution in [-0.2, 0) is 19.2 Å². The van der Waals surface area contributed by atoms with Gasteiger partial charge in [-0.3, -0.25) is 14.4 Å². The molecule has 0 spiro atoms. The van der Waals surface area contributed by atoms with E-state index in [0.717, 1.165) is 51.6 Å². The lowest BCUT2D eigenvalue weighted by molar-refractivity contribution is -0.368. The Kier molecular flexibility index (Phi) is 36.8. The number of carbonyl (C=O) groups is 4. The zero-order chi connectivity index (χ0) is 31.7. The Morgan fingerprint density at radius 3 is 1.50 bits per heavy atom. The number of aliphatic carboxylic acids is 1. The maximum Gasteiger partial charge on any atom is 0.430 e. The van der Waals surface area contributed by atoms with Crippen molar-refractivity contribution >= 4 is 23.4 Å². The first-order chi connectivity index (χ1) is 18.9. The monoisotopic (exact) mass is 582 g/mol. The van der Waals surface area contributed by atoms with E-state index < -0.39 is 12.1 Å². The van der Waals surface area contributed by atoms with Crippen molar-refractivity contribution in [1.29, 1.82) is 0 Å². The standard InChI is InChI=1S/C9H18N4O.C7H12O2.C6H14N4.C2HF3O2/c1-2-9(14)11-7-5-3-4-6-8-12-13-10;1-3-6(8)5-7(9)4-2;7-5-3-1-2-4-6-9-10-8;3-2(4,5)1(6)7/h2-8H2,1H3,(H,11,14);3-5H2,1-2H3;1-7H2;(H,6,7). The van der Waals surface area contributed by atoms with E-state index in [-0.39, 0.29) is 23.9 Å². The molecule has 0 radical (unpaired) electrons. The zero-order valence-electron chi connectivity index (χ0n) is 23.9. The topological polar surface area (TPSA) is 229 Å². The van der Waals surface area contributed by atoms with Gasteiger partial charge in [-0.15, -0.1) is 0 Å². The molecule has 0 heterocycles. The maximum atomic E-state index is 10.8. The minimum atomic E-state index is -5.19. The molecule has 13 nitrogen and oxygen atoms in total. The fourth-order valence-corrected chi connectivity index (χ4v) is 2.29. The van der Waals surface area contributed by atoms with Gasteiger partial charge in [0.15, 0.2) is 0 Å². The van der Waals surface area contributed by atoms with Crippen LogP contribution in [0.3, 0.4) is 0 Å². The van der Waals surface area contributed by atoms with Gasteiger partial charge in [-0.1, -0.05) is 50.3 Å². The molecule has 232 valence electrons. The maximum absolute atomic E-state index is 10.8. The number of hydrogen-bond acceptors (Lipinski definition) is 7. The van der Waals surface area contributed by atoms with Crippen molar-refractivity contribution in [2.75, 3.05) is 26.2 Å². The Morgan fingerprint density at radius 1 is 0.775 bits per heavy atom. The van der Waals surface area contributed by atoms with E-state index in [1.165, 1.54) is 12.8 Å². The number of rotatable bonds is 18. The minimum Gasteiger partial charge on any atom is -0.542 e. The molecule has 0 rings (SSSR count). The van der Waals surface area contributed by atoms with E-state index in [4.69, 9.17) is 21.0 Å². The molecule has 0 aliphatic carbocycles. The lowest BCUT2D eigenvalue weighted by atomic mass is 10.1. The molecule has 40 heavy (non-hydrogen) atoms. The smallest absolute Gasteiger partial charge is 0.430 e. The summed E-state index contributed by atoms with van der Waals surface area (Å²) in [5.41, 5.74) is 19.7. The number of carboxylic acids is 1. The Hall–Kier alpha value is -3.35. The second kappa shape index (κ2) is 33.7. The number of azide groups is 2. The Labute approximate surface area is 233 Å². The fraction of sp³-hybridized carbons (Fsp3) is 0.833. The number of hydrogen-bond donors (Lipinski definition) is 2. The summed E-state index contributed by atoms with van der Waals surface area (Å²) in [7, 11) is 0. The number of unbranched alkanes of at least 4 members (excludes halogenated alkanes) is 6. The summed E-state index contributed by atoms with van der Waals surface area (Å²) in [6.07, 6.45) is 5.10. The van der Waals surface area contributed by atoms with Crippen LogP contribution in [0.2, 0.25) is 0 Å². The molecule has 0 unspecified atom stereocenters. The molecular formula is C24H45F3N8O5. The molecular weight excluding hydrogens is 537 g/mol. The summed E-state index contributed by atoms with van der Waals surface area (Å²) in [5.74, 6) is -2.81. The van der Waals surface area contributed by atoms with Gasteiger partial charge in [0.25, 0.3) is 0 Å². The van der Waals surface area contributed by atoms with E-state index >= 15 is 0 Å². The Bertz CT molecular complexity index is 756. The number of nitrogens with zero attached hydrogens (tertiary/aromatic N) is 6. The highest BCUT2D eigenvalue weighted by Gasteiger charge is 2.28. The van der Waals surface area contributed by atoms with E-state index in [2.05, 4.69) is 31.1 Å². The van der Waals surface area contributed by atoms with Crippen molar-refractivity contribution in [3.63, 3.8) is 0 Å². The van der Waals surface area contributed by atoms with Gasteiger partial charge in [0.2, 0.25) is 5.91 Å². The van der Waals surface area contributed by atoms with Gasteiger partial charge < -0.3 is 21.0 Å². The van der Waals surface area contributed by atoms with Gasteiger partial charge in [-0.05, 0) is 43.2 Å². The molecule has 0 aromatic heterocycles. The van der Waals surface area contributed by atoms with Gasteiger partial charge in [0.1, 0.15) is 17.5 Å². The average molecular weight is 583 g/mol. The number of halogens is 3. The Morgan fingerprint density at radius 2 is 1.18 bits per heavy atom. The van der Waals surface area contributed by atoms with Crippen LogP contribution in [0.5, 0.6) is 0 Å². The number of ketones is 2. The minimum absolute atomic E-state index is 0.0434. The number of nitrogens with one attached hydrogen (secondary N) is 1. The number of carboxylic acid groups (broad SMARTS) is 1. The lowest BCUT2D eigenvalue weighted by Crippen LogP contribution is -2.50. The first kappa shape index (κ1) is 43.7. The third-order valence-corrected chi connectivity index (χ3v) is 4.63. The van der Waals surface area contributed by atoms with Gasteiger partial charge in [0, 0.05) is 48.7 Å². The quantitative estimate of drug-likeness (QED) is 0.0796. The molecule has 0 saturated carbocycles. The highest BCUT2D eigenvalue weighted by atomic mass is 19.4. The molecule has 4 N–H and O–H groups in total. The predicted octanol–water partition coefficient (Wildman–Crippen LogP) is 4.12. The predicted molar refractivity (Wildman–Crippen MR) is 142 cm³/mol. The number of amides is 1. The van der Waals surface area contributed by atoms with Crippen LogP contribution in [0.15, 0.2) is 10.2 Å². The highest BCUT2D eigenvalue weighted by molar-refractivity contribution is 5.98. The number of Topliss-reactive ketones (excluding diaryl/α,β-unsaturated/α-hetero) is 2. The van der Waals surface area contributed by atoms with Crippen molar-refractivity contribution in [2.45, 2.75) is 104 Å². The molecule has 0 aromatic carbocycles. The molecule has 0 fully saturated rings. The second-order valence-electron chi connectivity index (χ2n) is 8.04. The van der Waals surface area contributed by atoms with Crippen LogP contribution in [0.25, 0.3) is 20.9 Å². The molecule has 0 atom stereocenters. The first-order valence-electron chi connectivity index (χ1n) is 13.3. The molecule has 0 aliphatic rings. The molecule has 0 aliphatic heterocycles. The van der Waals surface area contributed by atoms with Gasteiger partial charge in [-0.25, -0.2) is 0 Å². The second-order valence-corrected chi connectivity index (χ2v) is 8.04. The average Bonchev–Trinajstić information content (AvgIpc) is 2.92. The third-order valence-electron chi connectivity index (χ3n) is 4.63. The van der Waals surface area contributed by atoms with Gasteiger partial charge >= 0.3 is 6.18 Å². The van der Waals surface area contributed by atoms with Crippen LogP contribution in [-0.4, -0.2) is 55.8 Å². The Balaban J connectivity index is -0.000000223. The van der Waals surface area contributed by atoms with Crippen molar-refractivity contribution in [3.8, 4) is 0 Å². The van der Waals surface area contributed by atoms with Crippen LogP contribution < -0.4 is 16.2 Å². The number of alkyl halides is 3. The van der Waals surface area contributed by atoms with Gasteiger partial charge in [-0.2, -0.15) is 13.2 Å². The van der Waals surface area contributed by atoms with E-state index in [1.807, 2.05) is 6.92 Å². The highest BCUT2D eigenvalue weighted by Crippen LogP contribution is 2.11. The van der Waals surface area contributed by atoms with Gasteiger partial charge in [0.05, 0.1) is 13.0 Å². The third kappa shape index (κ3) is 44.6. The molecule has 16 heteroatoms. The number of carbonyl (C=O) groups excluding carboxylic acids is 4. The summed E-state index contributed by atoms with van der Waals surface area (Å²) in [5, 5.41) is 18.5. The summed E-state index contributed by atoms with van der Waals surface area (Å²) >= 11 is 0. The van der Waals surface area contributed by atoms with Crippen molar-refractivity contribution in [3.05, 3.63) is 20.9 Å². The van der Waals surface area contributed by atoms with Crippen molar-refractivity contribution in [1.82, 2.24) is 5.32 Å². The summed E-state index contributed by atoms with van der Waals surface area (Å²) in [6, 6.07) is 0. The van der Waals surface area contributed by atoms with Crippen LogP contribution in [0.1, 0.15) is 97.8 Å². The van der Waals surface area contributed by atoms with E-state index in [9.17, 15) is 27.6 Å². The first-order valence-corrected chi connectivity index (χ1v) is 13.3. The largest absolute Gasteiger partial charge is 0.542 e. The SMILES string of the molecule is CCC(=O)CC(=O)CC.CCC(=O)NCCCCCCN=[N+]=[N-].O=C([O-])C(F)(F)F.[N-]=[N+]=NCCCCCC[NH3+]. The van der Waals surface area contributed by atoms with Crippen LogP contribution in [0.4, 0.5) is 13.2 Å². The zero-order valence-corrected chi connectivity index (χ0v) is 23.9. The fourth-order valence-electron chi connectivity index (χ4n) is 2.29. The molecule has 0 bridgehead atoms. The summed E-state index contributed by atoms with van der Waals surface area (Å²) in [4.78, 5) is 46.1. The summed E-state index contributed by atoms with van der Waals surface area (Å²) in [6.45, 7) is 8.38. The number of quaternary nitrogens is 1. The lowest BCUT2D eigenvalue weighted by Gasteiger charge is -2.03.